The van der Waals surface area contributed by atoms with Crippen LogP contribution in [0.2, 0.25) is 0 Å². The maximum atomic E-state index is 8.86. The molecule has 0 aliphatic carbocycles. The molecule has 3 N–H and O–H groups in total. The third-order valence-electron chi connectivity index (χ3n) is 1.63. The molecule has 11 heavy (non-hydrogen) atoms. The summed E-state index contributed by atoms with van der Waals surface area (Å²) in [5.74, 6) is 0. The van der Waals surface area contributed by atoms with Crippen LogP contribution >= 0.6 is 15.9 Å². The van der Waals surface area contributed by atoms with Crippen LogP contribution in [-0.4, -0.2) is 5.11 Å². The molecule has 0 aromatic heterocycles. The molecule has 0 unspecified atom stereocenters. The fourth-order valence-corrected chi connectivity index (χ4v) is 1.36. The lowest BCUT2D eigenvalue weighted by atomic mass is 10.1. The summed E-state index contributed by atoms with van der Waals surface area (Å²) in [5, 5.41) is 8.86. The number of aliphatic hydroxyl groups is 1. The van der Waals surface area contributed by atoms with Crippen molar-refractivity contribution in [1.82, 2.24) is 0 Å². The first-order valence-electron chi connectivity index (χ1n) is 3.30. The molecular weight excluding hydrogens is 206 g/mol. The highest BCUT2D eigenvalue weighted by Gasteiger charge is 2.00. The summed E-state index contributed by atoms with van der Waals surface area (Å²) in [7, 11) is 0. The number of halogens is 1. The molecule has 0 saturated carbocycles. The van der Waals surface area contributed by atoms with Crippen molar-refractivity contribution in [3.8, 4) is 0 Å². The molecule has 0 aliphatic rings. The van der Waals surface area contributed by atoms with Gasteiger partial charge in [0.25, 0.3) is 0 Å². The molecule has 0 saturated heterocycles. The number of hydrogen-bond donors (Lipinski definition) is 2. The molecule has 0 bridgehead atoms. The smallest absolute Gasteiger partial charge is 0.0685 e. The molecule has 1 rings (SSSR count). The Morgan fingerprint density at radius 1 is 1.55 bits per heavy atom. The SMILES string of the molecule is Cc1cc(Br)c(N)cc1CO. The lowest BCUT2D eigenvalue weighted by Gasteiger charge is -2.05. The zero-order chi connectivity index (χ0) is 8.43. The van der Waals surface area contributed by atoms with Crippen molar-refractivity contribution < 1.29 is 5.11 Å². The molecule has 3 heteroatoms. The number of anilines is 1. The second-order valence-electron chi connectivity index (χ2n) is 2.46. The van der Waals surface area contributed by atoms with E-state index in [4.69, 9.17) is 10.8 Å². The maximum absolute atomic E-state index is 8.86. The Kier molecular flexibility index (Phi) is 2.52. The maximum Gasteiger partial charge on any atom is 0.0685 e. The summed E-state index contributed by atoms with van der Waals surface area (Å²) in [6.45, 7) is 1.99. The predicted octanol–water partition coefficient (Wildman–Crippen LogP) is 1.83. The van der Waals surface area contributed by atoms with Crippen LogP contribution in [0.15, 0.2) is 16.6 Å². The van der Waals surface area contributed by atoms with Crippen molar-refractivity contribution in [1.29, 1.82) is 0 Å². The summed E-state index contributed by atoms with van der Waals surface area (Å²) in [6.07, 6.45) is 0. The topological polar surface area (TPSA) is 46.2 Å². The number of hydrogen-bond acceptors (Lipinski definition) is 2. The van der Waals surface area contributed by atoms with Gasteiger partial charge in [-0.15, -0.1) is 0 Å². The number of aliphatic hydroxyl groups excluding tert-OH is 1. The molecule has 2 nitrogen and oxygen atoms in total. The molecule has 0 fully saturated rings. The Labute approximate surface area is 74.2 Å². The van der Waals surface area contributed by atoms with Crippen LogP contribution in [0.1, 0.15) is 11.1 Å². The number of nitrogens with two attached hydrogens (primary N) is 1. The van der Waals surface area contributed by atoms with E-state index in [2.05, 4.69) is 15.9 Å². The Bertz CT molecular complexity index is 273. The van der Waals surface area contributed by atoms with Crippen LogP contribution in [-0.2, 0) is 6.61 Å². The lowest BCUT2D eigenvalue weighted by molar-refractivity contribution is 0.281. The van der Waals surface area contributed by atoms with Crippen molar-refractivity contribution in [2.75, 3.05) is 5.73 Å². The zero-order valence-corrected chi connectivity index (χ0v) is 7.85. The normalized spacial score (nSPS) is 10.1. The Morgan fingerprint density at radius 3 is 2.73 bits per heavy atom. The van der Waals surface area contributed by atoms with Gasteiger partial charge in [-0.1, -0.05) is 0 Å². The van der Waals surface area contributed by atoms with E-state index in [-0.39, 0.29) is 6.61 Å². The molecule has 0 heterocycles. The molecule has 0 atom stereocenters. The third kappa shape index (κ3) is 1.73. The van der Waals surface area contributed by atoms with E-state index in [1.807, 2.05) is 13.0 Å². The molecule has 0 amide bonds. The molecule has 60 valence electrons. The van der Waals surface area contributed by atoms with Gasteiger partial charge in [0.15, 0.2) is 0 Å². The highest BCUT2D eigenvalue weighted by atomic mass is 79.9. The van der Waals surface area contributed by atoms with Crippen LogP contribution in [0.3, 0.4) is 0 Å². The number of nitrogen functional groups attached to an aromatic ring is 1. The monoisotopic (exact) mass is 215 g/mol. The number of rotatable bonds is 1. The Balaban J connectivity index is 3.21. The predicted molar refractivity (Wildman–Crippen MR) is 49.2 cm³/mol. The summed E-state index contributed by atoms with van der Waals surface area (Å²) in [5.41, 5.74) is 8.20. The van der Waals surface area contributed by atoms with Gasteiger partial charge in [-0.2, -0.15) is 0 Å². The van der Waals surface area contributed by atoms with Gasteiger partial charge in [0, 0.05) is 10.2 Å². The van der Waals surface area contributed by atoms with Gasteiger partial charge >= 0.3 is 0 Å². The molecule has 1 aromatic rings. The van der Waals surface area contributed by atoms with Gasteiger partial charge in [-0.3, -0.25) is 0 Å². The van der Waals surface area contributed by atoms with Crippen LogP contribution in [0.5, 0.6) is 0 Å². The van der Waals surface area contributed by atoms with Crippen molar-refractivity contribution in [2.45, 2.75) is 13.5 Å². The first-order chi connectivity index (χ1) is 5.15. The molecular formula is C8H10BrNO. The average molecular weight is 216 g/mol. The van der Waals surface area contributed by atoms with Crippen molar-refractivity contribution in [3.05, 3.63) is 27.7 Å². The van der Waals surface area contributed by atoms with E-state index in [0.29, 0.717) is 5.69 Å². The second kappa shape index (κ2) is 3.24. The van der Waals surface area contributed by atoms with Crippen molar-refractivity contribution in [3.63, 3.8) is 0 Å². The highest BCUT2D eigenvalue weighted by Crippen LogP contribution is 2.23. The molecule has 0 spiro atoms. The largest absolute Gasteiger partial charge is 0.398 e. The van der Waals surface area contributed by atoms with Gasteiger partial charge < -0.3 is 10.8 Å². The van der Waals surface area contributed by atoms with E-state index < -0.39 is 0 Å². The minimum absolute atomic E-state index is 0.0450. The Hall–Kier alpha value is -0.540. The molecule has 0 radical (unpaired) electrons. The highest BCUT2D eigenvalue weighted by molar-refractivity contribution is 9.10. The Morgan fingerprint density at radius 2 is 2.18 bits per heavy atom. The standard InChI is InChI=1S/C8H10BrNO/c1-5-2-7(9)8(10)3-6(5)4-11/h2-3,11H,4,10H2,1H3. The first kappa shape index (κ1) is 8.56. The van der Waals surface area contributed by atoms with Gasteiger partial charge in [0.05, 0.1) is 6.61 Å². The van der Waals surface area contributed by atoms with E-state index in [9.17, 15) is 0 Å². The fourth-order valence-electron chi connectivity index (χ4n) is 0.907. The number of aryl methyl sites for hydroxylation is 1. The van der Waals surface area contributed by atoms with E-state index in [0.717, 1.165) is 15.6 Å². The first-order valence-corrected chi connectivity index (χ1v) is 4.10. The summed E-state index contributed by atoms with van der Waals surface area (Å²) in [6, 6.07) is 3.68. The minimum Gasteiger partial charge on any atom is -0.398 e. The van der Waals surface area contributed by atoms with Crippen LogP contribution in [0.25, 0.3) is 0 Å². The molecule has 0 aliphatic heterocycles. The van der Waals surface area contributed by atoms with Crippen LogP contribution < -0.4 is 5.73 Å². The summed E-state index contributed by atoms with van der Waals surface area (Å²) >= 11 is 3.30. The number of benzene rings is 1. The summed E-state index contributed by atoms with van der Waals surface area (Å²) in [4.78, 5) is 0. The van der Waals surface area contributed by atoms with Crippen LogP contribution in [0, 0.1) is 6.92 Å². The van der Waals surface area contributed by atoms with Gasteiger partial charge in [0.1, 0.15) is 0 Å². The average Bonchev–Trinajstić information content (AvgIpc) is 1.97. The fraction of sp³-hybridized carbons (Fsp3) is 0.250. The van der Waals surface area contributed by atoms with E-state index in [1.165, 1.54) is 0 Å². The van der Waals surface area contributed by atoms with E-state index in [1.54, 1.807) is 6.07 Å². The molecule has 1 aromatic carbocycles. The second-order valence-corrected chi connectivity index (χ2v) is 3.31. The van der Waals surface area contributed by atoms with Gasteiger partial charge in [-0.25, -0.2) is 0 Å². The van der Waals surface area contributed by atoms with Crippen molar-refractivity contribution >= 4 is 21.6 Å². The minimum atomic E-state index is 0.0450. The van der Waals surface area contributed by atoms with Crippen LogP contribution in [0.4, 0.5) is 5.69 Å². The lowest BCUT2D eigenvalue weighted by Crippen LogP contribution is -1.93. The van der Waals surface area contributed by atoms with Gasteiger partial charge in [-0.05, 0) is 46.1 Å². The van der Waals surface area contributed by atoms with E-state index >= 15 is 0 Å². The van der Waals surface area contributed by atoms with Crippen molar-refractivity contribution in [2.24, 2.45) is 0 Å². The zero-order valence-electron chi connectivity index (χ0n) is 6.26. The third-order valence-corrected chi connectivity index (χ3v) is 2.31. The summed E-state index contributed by atoms with van der Waals surface area (Å²) < 4.78 is 0.882. The quantitative estimate of drug-likeness (QED) is 0.703. The van der Waals surface area contributed by atoms with Gasteiger partial charge in [0.2, 0.25) is 0 Å².